The Labute approximate surface area is 151 Å². The minimum atomic E-state index is -4.82. The molecular weight excluding hydrogens is 372 g/mol. The van der Waals surface area contributed by atoms with Crippen molar-refractivity contribution in [3.05, 3.63) is 53.6 Å². The highest BCUT2D eigenvalue weighted by molar-refractivity contribution is 7.97. The predicted octanol–water partition coefficient (Wildman–Crippen LogP) is 4.42. The molecule has 1 aromatic carbocycles. The van der Waals surface area contributed by atoms with Crippen molar-refractivity contribution in [2.24, 2.45) is 10.1 Å². The minimum Gasteiger partial charge on any atom is -0.411 e. The van der Waals surface area contributed by atoms with Gasteiger partial charge in [-0.05, 0) is 31.4 Å². The average molecular weight is 388 g/mol. The van der Waals surface area contributed by atoms with Gasteiger partial charge in [-0.3, -0.25) is 4.99 Å². The molecule has 2 aromatic rings. The molecule has 0 amide bonds. The summed E-state index contributed by atoms with van der Waals surface area (Å²) in [6.45, 7) is 3.09. The zero-order chi connectivity index (χ0) is 19.7. The maximum absolute atomic E-state index is 13.7. The topological polar surface area (TPSA) is 62.8 Å². The molecular formula is C16H16F4N4OS. The van der Waals surface area contributed by atoms with Crippen LogP contribution >= 0.6 is 11.8 Å². The van der Waals surface area contributed by atoms with Crippen LogP contribution in [0.3, 0.4) is 0 Å². The van der Waals surface area contributed by atoms with Gasteiger partial charge in [-0.2, -0.15) is 30.0 Å². The number of hydrogen-bond acceptors (Lipinski definition) is 5. The van der Waals surface area contributed by atoms with Crippen molar-refractivity contribution < 1.29 is 22.8 Å². The zero-order valence-corrected chi connectivity index (χ0v) is 14.7. The third-order valence-corrected chi connectivity index (χ3v) is 2.86. The van der Waals surface area contributed by atoms with Gasteiger partial charge in [0.25, 0.3) is 0 Å². The number of hydrogen-bond donors (Lipinski definition) is 1. The number of thioether (sulfide) groups is 1. The standard InChI is InChI=1S/C14H10F4N4O.C2H6S/c1-19-13(10(7-21-23)14(16,17)18)9-6-20-22(8-9)12-5-3-2-4-11(12)15;1-3-2/h2-8,23H,1H2;1-2H3/b13-10+,21-7-;. The molecule has 0 aliphatic rings. The number of rotatable bonds is 4. The van der Waals surface area contributed by atoms with Crippen LogP contribution in [0.25, 0.3) is 11.4 Å². The molecule has 1 N–H and O–H groups in total. The van der Waals surface area contributed by atoms with Gasteiger partial charge in [0.05, 0.1) is 18.1 Å². The van der Waals surface area contributed by atoms with E-state index in [0.717, 1.165) is 10.9 Å². The molecule has 0 bridgehead atoms. The average Bonchev–Trinajstić information content (AvgIpc) is 3.04. The summed E-state index contributed by atoms with van der Waals surface area (Å²) in [7, 11) is 0. The zero-order valence-electron chi connectivity index (χ0n) is 13.9. The summed E-state index contributed by atoms with van der Waals surface area (Å²) >= 11 is 1.75. The molecule has 0 saturated heterocycles. The van der Waals surface area contributed by atoms with Crippen LogP contribution in [0.1, 0.15) is 5.56 Å². The molecule has 0 atom stereocenters. The lowest BCUT2D eigenvalue weighted by Gasteiger charge is -2.09. The molecule has 1 heterocycles. The van der Waals surface area contributed by atoms with Gasteiger partial charge in [0.15, 0.2) is 0 Å². The predicted molar refractivity (Wildman–Crippen MR) is 95.8 cm³/mol. The summed E-state index contributed by atoms with van der Waals surface area (Å²) in [5, 5.41) is 14.6. The number of oxime groups is 1. The van der Waals surface area contributed by atoms with Crippen molar-refractivity contribution in [2.45, 2.75) is 6.18 Å². The number of aromatic nitrogens is 2. The van der Waals surface area contributed by atoms with Crippen LogP contribution in [0.5, 0.6) is 0 Å². The number of benzene rings is 1. The van der Waals surface area contributed by atoms with E-state index in [0.29, 0.717) is 0 Å². The molecule has 0 spiro atoms. The van der Waals surface area contributed by atoms with E-state index in [1.807, 2.05) is 12.5 Å². The van der Waals surface area contributed by atoms with Crippen molar-refractivity contribution in [1.82, 2.24) is 9.78 Å². The fourth-order valence-electron chi connectivity index (χ4n) is 1.87. The van der Waals surface area contributed by atoms with Crippen molar-refractivity contribution >= 4 is 30.4 Å². The Hall–Kier alpha value is -2.62. The van der Waals surface area contributed by atoms with E-state index < -0.39 is 23.3 Å². The first-order chi connectivity index (χ1) is 12.3. The summed E-state index contributed by atoms with van der Waals surface area (Å²) < 4.78 is 53.7. The number of nitrogens with zero attached hydrogens (tertiary/aromatic N) is 4. The lowest BCUT2D eigenvalue weighted by Crippen LogP contribution is -2.15. The van der Waals surface area contributed by atoms with Gasteiger partial charge in [-0.1, -0.05) is 17.3 Å². The van der Waals surface area contributed by atoms with Crippen LogP contribution < -0.4 is 0 Å². The first kappa shape index (κ1) is 21.4. The molecule has 1 aromatic heterocycles. The molecule has 2 rings (SSSR count). The first-order valence-electron chi connectivity index (χ1n) is 6.95. The van der Waals surface area contributed by atoms with Crippen LogP contribution in [0.15, 0.2) is 52.4 Å². The second-order valence-corrected chi connectivity index (χ2v) is 5.51. The summed E-state index contributed by atoms with van der Waals surface area (Å²) in [6.07, 6.45) is 1.72. The van der Waals surface area contributed by atoms with Gasteiger partial charge in [-0.25, -0.2) is 9.07 Å². The van der Waals surface area contributed by atoms with E-state index >= 15 is 0 Å². The SMILES string of the molecule is C=N/C(=C(\C=N/O)C(F)(F)F)c1cnn(-c2ccccc2F)c1.CSC. The second-order valence-electron chi connectivity index (χ2n) is 4.70. The maximum Gasteiger partial charge on any atom is 0.420 e. The van der Waals surface area contributed by atoms with E-state index in [9.17, 15) is 17.6 Å². The molecule has 0 fully saturated rings. The molecule has 0 saturated carbocycles. The van der Waals surface area contributed by atoms with E-state index in [-0.39, 0.29) is 17.5 Å². The summed E-state index contributed by atoms with van der Waals surface area (Å²) in [4.78, 5) is 3.33. The maximum atomic E-state index is 13.7. The summed E-state index contributed by atoms with van der Waals surface area (Å²) in [5.41, 5.74) is -1.89. The molecule has 10 heteroatoms. The van der Waals surface area contributed by atoms with Crippen LogP contribution in [-0.4, -0.2) is 46.6 Å². The third kappa shape index (κ3) is 5.45. The van der Waals surface area contributed by atoms with E-state index in [1.54, 1.807) is 17.8 Å². The number of para-hydroxylation sites is 1. The largest absolute Gasteiger partial charge is 0.420 e. The second kappa shape index (κ2) is 9.76. The monoisotopic (exact) mass is 388 g/mol. The van der Waals surface area contributed by atoms with Gasteiger partial charge in [0.2, 0.25) is 0 Å². The van der Waals surface area contributed by atoms with Crippen molar-refractivity contribution in [1.29, 1.82) is 0 Å². The highest BCUT2D eigenvalue weighted by atomic mass is 32.2. The van der Waals surface area contributed by atoms with Crippen LogP contribution in [-0.2, 0) is 0 Å². The Morgan fingerprint density at radius 2 is 1.92 bits per heavy atom. The van der Waals surface area contributed by atoms with Gasteiger partial charge in [-0.15, -0.1) is 0 Å². The first-order valence-corrected chi connectivity index (χ1v) is 8.59. The summed E-state index contributed by atoms with van der Waals surface area (Å²) in [6, 6.07) is 5.64. The van der Waals surface area contributed by atoms with Gasteiger partial charge in [0.1, 0.15) is 17.1 Å². The Kier molecular flexibility index (Phi) is 8.04. The summed E-state index contributed by atoms with van der Waals surface area (Å²) in [5.74, 6) is -0.591. The van der Waals surface area contributed by atoms with Crippen LogP contribution in [0.4, 0.5) is 17.6 Å². The molecule has 0 aliphatic carbocycles. The highest BCUT2D eigenvalue weighted by Gasteiger charge is 2.36. The number of halogens is 4. The molecule has 140 valence electrons. The van der Waals surface area contributed by atoms with Gasteiger partial charge in [0, 0.05) is 11.8 Å². The Balaban J connectivity index is 0.00000105. The van der Waals surface area contributed by atoms with Crippen LogP contribution in [0, 0.1) is 5.82 Å². The van der Waals surface area contributed by atoms with E-state index in [4.69, 9.17) is 5.21 Å². The molecule has 0 aliphatic heterocycles. The smallest absolute Gasteiger partial charge is 0.411 e. The molecule has 5 nitrogen and oxygen atoms in total. The van der Waals surface area contributed by atoms with E-state index in [2.05, 4.69) is 22.0 Å². The number of aliphatic imine (C=N–C) groups is 1. The number of allylic oxidation sites excluding steroid dienone is 1. The molecule has 0 radical (unpaired) electrons. The van der Waals surface area contributed by atoms with Gasteiger partial charge < -0.3 is 5.21 Å². The fraction of sp³-hybridized carbons (Fsp3) is 0.188. The molecule has 26 heavy (non-hydrogen) atoms. The Morgan fingerprint density at radius 3 is 2.42 bits per heavy atom. The van der Waals surface area contributed by atoms with Crippen molar-refractivity contribution in [3.63, 3.8) is 0 Å². The Morgan fingerprint density at radius 1 is 1.31 bits per heavy atom. The van der Waals surface area contributed by atoms with E-state index in [1.165, 1.54) is 24.4 Å². The normalized spacial score (nSPS) is 12.4. The highest BCUT2D eigenvalue weighted by Crippen LogP contribution is 2.32. The quantitative estimate of drug-likeness (QED) is 0.365. The van der Waals surface area contributed by atoms with Gasteiger partial charge >= 0.3 is 6.18 Å². The van der Waals surface area contributed by atoms with Crippen molar-refractivity contribution in [3.8, 4) is 5.69 Å². The fourth-order valence-corrected chi connectivity index (χ4v) is 1.87. The molecule has 0 unspecified atom stereocenters. The lowest BCUT2D eigenvalue weighted by molar-refractivity contribution is -0.0853. The third-order valence-electron chi connectivity index (χ3n) is 2.86. The number of alkyl halides is 3. The lowest BCUT2D eigenvalue weighted by atomic mass is 10.1. The van der Waals surface area contributed by atoms with Crippen LogP contribution in [0.2, 0.25) is 0 Å². The van der Waals surface area contributed by atoms with Crippen molar-refractivity contribution in [2.75, 3.05) is 12.5 Å². The minimum absolute atomic E-state index is 0.0597. The Bertz CT molecular complexity index is 800.